The van der Waals surface area contributed by atoms with Crippen LogP contribution in [0.3, 0.4) is 0 Å². The van der Waals surface area contributed by atoms with E-state index < -0.39 is 10.2 Å². The van der Waals surface area contributed by atoms with E-state index in [0.29, 0.717) is 37.6 Å². The Morgan fingerprint density at radius 3 is 2.59 bits per heavy atom. The van der Waals surface area contributed by atoms with Gasteiger partial charge in [-0.3, -0.25) is 9.40 Å². The van der Waals surface area contributed by atoms with Gasteiger partial charge in [0, 0.05) is 39.4 Å². The molecule has 0 atom stereocenters. The van der Waals surface area contributed by atoms with Crippen molar-refractivity contribution in [3.63, 3.8) is 0 Å². The van der Waals surface area contributed by atoms with Gasteiger partial charge in [-0.1, -0.05) is 0 Å². The topological polar surface area (TPSA) is 79.3 Å². The first-order valence-electron chi connectivity index (χ1n) is 5.48. The number of anilines is 1. The van der Waals surface area contributed by atoms with Crippen LogP contribution < -0.4 is 10.0 Å². The molecule has 2 N–H and O–H groups in total. The zero-order valence-corrected chi connectivity index (χ0v) is 10.8. The molecule has 1 fully saturated rings. The molecule has 2 heterocycles. The van der Waals surface area contributed by atoms with E-state index in [1.54, 1.807) is 24.9 Å². The molecule has 0 aromatic carbocycles. The monoisotopic (exact) mass is 259 g/mol. The molecule has 96 valence electrons. The summed E-state index contributed by atoms with van der Waals surface area (Å²) in [7, 11) is -1.70. The number of aromatic nitrogens is 2. The van der Waals surface area contributed by atoms with Gasteiger partial charge in [0.1, 0.15) is 0 Å². The summed E-state index contributed by atoms with van der Waals surface area (Å²) in [5.41, 5.74) is 1.21. The maximum absolute atomic E-state index is 12.1. The number of aryl methyl sites for hydroxylation is 2. The van der Waals surface area contributed by atoms with Gasteiger partial charge in [-0.25, -0.2) is 0 Å². The first-order valence-corrected chi connectivity index (χ1v) is 6.92. The zero-order valence-electron chi connectivity index (χ0n) is 9.97. The summed E-state index contributed by atoms with van der Waals surface area (Å²) in [6.07, 6.45) is 1.66. The predicted octanol–water partition coefficient (Wildman–Crippen LogP) is -0.710. The number of rotatable bonds is 3. The van der Waals surface area contributed by atoms with Gasteiger partial charge < -0.3 is 5.32 Å². The van der Waals surface area contributed by atoms with Crippen molar-refractivity contribution in [1.29, 1.82) is 0 Å². The molecule has 1 aliphatic heterocycles. The van der Waals surface area contributed by atoms with Crippen LogP contribution in [0.1, 0.15) is 5.69 Å². The van der Waals surface area contributed by atoms with Gasteiger partial charge >= 0.3 is 10.2 Å². The molecule has 8 heteroatoms. The average molecular weight is 259 g/mol. The van der Waals surface area contributed by atoms with Crippen LogP contribution in [0.15, 0.2) is 6.20 Å². The minimum Gasteiger partial charge on any atom is -0.314 e. The lowest BCUT2D eigenvalue weighted by Gasteiger charge is -2.26. The highest BCUT2D eigenvalue weighted by atomic mass is 32.2. The minimum absolute atomic E-state index is 0.495. The second kappa shape index (κ2) is 4.63. The maximum Gasteiger partial charge on any atom is 0.301 e. The molecule has 2 rings (SSSR count). The predicted molar refractivity (Wildman–Crippen MR) is 64.9 cm³/mol. The third-order valence-corrected chi connectivity index (χ3v) is 4.19. The fourth-order valence-electron chi connectivity index (χ4n) is 1.79. The van der Waals surface area contributed by atoms with Crippen molar-refractivity contribution in [3.05, 3.63) is 11.9 Å². The quantitative estimate of drug-likeness (QED) is 0.751. The third-order valence-electron chi connectivity index (χ3n) is 2.67. The van der Waals surface area contributed by atoms with Crippen LogP contribution in [-0.4, -0.2) is 48.7 Å². The summed E-state index contributed by atoms with van der Waals surface area (Å²) >= 11 is 0. The largest absolute Gasteiger partial charge is 0.314 e. The van der Waals surface area contributed by atoms with E-state index >= 15 is 0 Å². The Balaban J connectivity index is 2.13. The summed E-state index contributed by atoms with van der Waals surface area (Å²) in [5, 5.41) is 7.22. The van der Waals surface area contributed by atoms with Crippen molar-refractivity contribution in [2.24, 2.45) is 7.05 Å². The maximum atomic E-state index is 12.1. The lowest BCUT2D eigenvalue weighted by atomic mass is 10.4. The van der Waals surface area contributed by atoms with Crippen LogP contribution in [0.2, 0.25) is 0 Å². The van der Waals surface area contributed by atoms with Gasteiger partial charge in [0.05, 0.1) is 11.4 Å². The van der Waals surface area contributed by atoms with E-state index in [1.807, 2.05) is 0 Å². The third kappa shape index (κ3) is 2.76. The molecule has 1 saturated heterocycles. The normalized spacial score (nSPS) is 18.2. The van der Waals surface area contributed by atoms with Crippen LogP contribution in [0.25, 0.3) is 0 Å². The first kappa shape index (κ1) is 12.3. The average Bonchev–Trinajstić information content (AvgIpc) is 2.58. The van der Waals surface area contributed by atoms with E-state index in [1.165, 1.54) is 4.31 Å². The number of nitrogens with one attached hydrogen (secondary N) is 2. The molecule has 0 radical (unpaired) electrons. The van der Waals surface area contributed by atoms with Crippen molar-refractivity contribution >= 4 is 15.9 Å². The number of nitrogens with zero attached hydrogens (tertiary/aromatic N) is 3. The summed E-state index contributed by atoms with van der Waals surface area (Å²) in [4.78, 5) is 0. The summed E-state index contributed by atoms with van der Waals surface area (Å²) in [6, 6.07) is 0. The number of hydrogen-bond donors (Lipinski definition) is 2. The van der Waals surface area contributed by atoms with Crippen LogP contribution in [0.4, 0.5) is 5.69 Å². The zero-order chi connectivity index (χ0) is 12.5. The summed E-state index contributed by atoms with van der Waals surface area (Å²) in [6.45, 7) is 4.14. The lowest BCUT2D eigenvalue weighted by molar-refractivity contribution is 0.362. The Kier molecular flexibility index (Phi) is 3.36. The highest BCUT2D eigenvalue weighted by Crippen LogP contribution is 2.15. The van der Waals surface area contributed by atoms with Crippen molar-refractivity contribution in [1.82, 2.24) is 19.4 Å². The second-order valence-corrected chi connectivity index (χ2v) is 5.73. The van der Waals surface area contributed by atoms with E-state index in [4.69, 9.17) is 0 Å². The van der Waals surface area contributed by atoms with E-state index in [2.05, 4.69) is 15.1 Å². The van der Waals surface area contributed by atoms with Gasteiger partial charge in [0.25, 0.3) is 0 Å². The van der Waals surface area contributed by atoms with E-state index in [9.17, 15) is 8.42 Å². The van der Waals surface area contributed by atoms with Crippen LogP contribution in [0.5, 0.6) is 0 Å². The Labute approximate surface area is 101 Å². The summed E-state index contributed by atoms with van der Waals surface area (Å²) in [5.74, 6) is 0. The fraction of sp³-hybridized carbons (Fsp3) is 0.667. The minimum atomic E-state index is -3.46. The highest BCUT2D eigenvalue weighted by Gasteiger charge is 2.24. The number of piperazine rings is 1. The Bertz CT molecular complexity index is 489. The van der Waals surface area contributed by atoms with Crippen molar-refractivity contribution in [2.45, 2.75) is 6.92 Å². The van der Waals surface area contributed by atoms with Gasteiger partial charge in [-0.15, -0.1) is 0 Å². The molecular weight excluding hydrogens is 242 g/mol. The fourth-order valence-corrected chi connectivity index (χ4v) is 3.06. The second-order valence-electron chi connectivity index (χ2n) is 4.06. The molecule has 1 aromatic heterocycles. The van der Waals surface area contributed by atoms with Gasteiger partial charge in [0.2, 0.25) is 0 Å². The molecule has 7 nitrogen and oxygen atoms in total. The molecule has 0 amide bonds. The molecule has 0 aliphatic carbocycles. The van der Waals surface area contributed by atoms with Gasteiger partial charge in [-0.05, 0) is 6.92 Å². The Morgan fingerprint density at radius 1 is 1.41 bits per heavy atom. The van der Waals surface area contributed by atoms with Crippen molar-refractivity contribution < 1.29 is 8.42 Å². The number of hydrogen-bond acceptors (Lipinski definition) is 4. The van der Waals surface area contributed by atoms with Crippen LogP contribution >= 0.6 is 0 Å². The molecule has 1 aliphatic rings. The highest BCUT2D eigenvalue weighted by molar-refractivity contribution is 7.90. The van der Waals surface area contributed by atoms with E-state index in [-0.39, 0.29) is 0 Å². The van der Waals surface area contributed by atoms with Crippen LogP contribution in [0, 0.1) is 6.92 Å². The van der Waals surface area contributed by atoms with Crippen molar-refractivity contribution in [2.75, 3.05) is 30.9 Å². The molecule has 0 spiro atoms. The van der Waals surface area contributed by atoms with Gasteiger partial charge in [0.15, 0.2) is 0 Å². The SMILES string of the molecule is Cc1nn(C)cc1NS(=O)(=O)N1CCNCC1. The molecule has 17 heavy (non-hydrogen) atoms. The molecule has 0 bridgehead atoms. The van der Waals surface area contributed by atoms with E-state index in [0.717, 1.165) is 0 Å². The molecular formula is C9H17N5O2S. The van der Waals surface area contributed by atoms with Crippen molar-refractivity contribution in [3.8, 4) is 0 Å². The Morgan fingerprint density at radius 2 is 2.06 bits per heavy atom. The summed E-state index contributed by atoms with van der Waals surface area (Å²) < 4.78 is 29.7. The molecule has 1 aromatic rings. The van der Waals surface area contributed by atoms with Crippen LogP contribution in [-0.2, 0) is 17.3 Å². The first-order chi connectivity index (χ1) is 7.99. The lowest BCUT2D eigenvalue weighted by Crippen LogP contribution is -2.48. The van der Waals surface area contributed by atoms with Gasteiger partial charge in [-0.2, -0.15) is 17.8 Å². The standard InChI is InChI=1S/C9H17N5O2S/c1-8-9(7-13(2)11-8)12-17(15,16)14-5-3-10-4-6-14/h7,10,12H,3-6H2,1-2H3. The smallest absolute Gasteiger partial charge is 0.301 e. The molecule has 0 saturated carbocycles. The molecule has 0 unspecified atom stereocenters. The Hall–Kier alpha value is -1.12.